The lowest BCUT2D eigenvalue weighted by atomic mass is 9.89. The molecule has 1 aromatic rings. The zero-order chi connectivity index (χ0) is 19.5. The Morgan fingerprint density at radius 1 is 1.04 bits per heavy atom. The van der Waals surface area contributed by atoms with Crippen LogP contribution in [0.1, 0.15) is 49.7 Å². The molecule has 0 aliphatic heterocycles. The van der Waals surface area contributed by atoms with Gasteiger partial charge in [0.2, 0.25) is 0 Å². The van der Waals surface area contributed by atoms with Crippen LogP contribution in [0.25, 0.3) is 0 Å². The fourth-order valence-corrected chi connectivity index (χ4v) is 5.74. The van der Waals surface area contributed by atoms with Gasteiger partial charge < -0.3 is 15.3 Å². The predicted octanol–water partition coefficient (Wildman–Crippen LogP) is 3.81. The van der Waals surface area contributed by atoms with Crippen molar-refractivity contribution < 1.29 is 15.3 Å². The summed E-state index contributed by atoms with van der Waals surface area (Å²) in [6.07, 6.45) is 13.7. The molecular formula is C25H34O3. The summed E-state index contributed by atoms with van der Waals surface area (Å²) in [5.41, 5.74) is 4.27. The maximum Gasteiger partial charge on any atom is 0.0755 e. The van der Waals surface area contributed by atoms with Crippen LogP contribution in [0.15, 0.2) is 48.1 Å². The number of hydrogen-bond donors (Lipinski definition) is 3. The van der Waals surface area contributed by atoms with Gasteiger partial charge in [-0.25, -0.2) is 0 Å². The molecule has 5 atom stereocenters. The van der Waals surface area contributed by atoms with Gasteiger partial charge >= 0.3 is 0 Å². The molecule has 4 rings (SSSR count). The van der Waals surface area contributed by atoms with Gasteiger partial charge in [-0.3, -0.25) is 0 Å². The van der Waals surface area contributed by atoms with Gasteiger partial charge in [-0.2, -0.15) is 0 Å². The van der Waals surface area contributed by atoms with Crippen molar-refractivity contribution in [2.24, 2.45) is 23.7 Å². The molecule has 3 nitrogen and oxygen atoms in total. The Balaban J connectivity index is 1.34. The zero-order valence-electron chi connectivity index (χ0n) is 16.7. The summed E-state index contributed by atoms with van der Waals surface area (Å²) in [7, 11) is 0. The maximum absolute atomic E-state index is 10.7. The summed E-state index contributed by atoms with van der Waals surface area (Å²) < 4.78 is 0. The van der Waals surface area contributed by atoms with Gasteiger partial charge in [0, 0.05) is 12.5 Å². The first-order valence-corrected chi connectivity index (χ1v) is 11.1. The second-order valence-electron chi connectivity index (χ2n) is 9.11. The Hall–Kier alpha value is -1.42. The van der Waals surface area contributed by atoms with Crippen molar-refractivity contribution in [3.63, 3.8) is 0 Å². The largest absolute Gasteiger partial charge is 0.396 e. The summed E-state index contributed by atoms with van der Waals surface area (Å²) >= 11 is 0. The van der Waals surface area contributed by atoms with Crippen LogP contribution in [0.4, 0.5) is 0 Å². The molecule has 0 saturated heterocycles. The molecule has 1 aromatic carbocycles. The van der Waals surface area contributed by atoms with E-state index in [0.29, 0.717) is 11.8 Å². The number of rotatable bonds is 7. The van der Waals surface area contributed by atoms with Crippen LogP contribution in [0, 0.1) is 23.7 Å². The van der Waals surface area contributed by atoms with Crippen LogP contribution < -0.4 is 0 Å². The molecule has 3 aliphatic carbocycles. The van der Waals surface area contributed by atoms with Crippen molar-refractivity contribution in [3.8, 4) is 0 Å². The summed E-state index contributed by atoms with van der Waals surface area (Å²) in [5.74, 6) is 1.53. The molecule has 3 N–H and O–H groups in total. The van der Waals surface area contributed by atoms with E-state index in [1.54, 1.807) is 0 Å². The smallest absolute Gasteiger partial charge is 0.0755 e. The van der Waals surface area contributed by atoms with Crippen molar-refractivity contribution in [2.45, 2.75) is 63.6 Å². The van der Waals surface area contributed by atoms with Crippen LogP contribution in [0.2, 0.25) is 0 Å². The third-order valence-electron chi connectivity index (χ3n) is 7.25. The van der Waals surface area contributed by atoms with E-state index in [1.807, 2.05) is 6.08 Å². The standard InChI is InChI=1S/C25H34O3/c26-11-5-1-2-6-17-12-20-16-25(28)22(23(20)13-17)9-10-24(27)21-14-18-7-3-4-8-19(18)15-21/h3-4,6-10,20-28H,1-2,5,11-16H2/b10-9+,17-6+/t20?,22-,23?,24-,25-/m1/s1. The van der Waals surface area contributed by atoms with Gasteiger partial charge in [-0.15, -0.1) is 0 Å². The summed E-state index contributed by atoms with van der Waals surface area (Å²) in [5, 5.41) is 30.2. The highest BCUT2D eigenvalue weighted by Gasteiger charge is 2.45. The lowest BCUT2D eigenvalue weighted by molar-refractivity contribution is 0.136. The molecule has 0 bridgehead atoms. The van der Waals surface area contributed by atoms with E-state index in [1.165, 1.54) is 16.7 Å². The number of aliphatic hydroxyl groups excluding tert-OH is 3. The lowest BCUT2D eigenvalue weighted by Gasteiger charge is -2.19. The lowest BCUT2D eigenvalue weighted by Crippen LogP contribution is -2.21. The average Bonchev–Trinajstić information content (AvgIpc) is 3.36. The van der Waals surface area contributed by atoms with Gasteiger partial charge in [0.25, 0.3) is 0 Å². The number of unbranched alkanes of at least 4 members (excludes halogenated alkanes) is 2. The van der Waals surface area contributed by atoms with E-state index in [0.717, 1.165) is 51.4 Å². The molecule has 0 aromatic heterocycles. The molecule has 3 heteroatoms. The molecule has 28 heavy (non-hydrogen) atoms. The van der Waals surface area contributed by atoms with E-state index >= 15 is 0 Å². The van der Waals surface area contributed by atoms with Gasteiger partial charge in [-0.05, 0) is 80.2 Å². The van der Waals surface area contributed by atoms with E-state index in [2.05, 4.69) is 36.4 Å². The first-order valence-electron chi connectivity index (χ1n) is 11.1. The second-order valence-corrected chi connectivity index (χ2v) is 9.11. The van der Waals surface area contributed by atoms with Crippen LogP contribution >= 0.6 is 0 Å². The molecule has 152 valence electrons. The number of hydrogen-bond acceptors (Lipinski definition) is 3. The Morgan fingerprint density at radius 3 is 2.50 bits per heavy atom. The van der Waals surface area contributed by atoms with Gasteiger partial charge in [-0.1, -0.05) is 48.1 Å². The van der Waals surface area contributed by atoms with E-state index < -0.39 is 6.10 Å². The average molecular weight is 383 g/mol. The van der Waals surface area contributed by atoms with Crippen molar-refractivity contribution in [3.05, 3.63) is 59.2 Å². The zero-order valence-corrected chi connectivity index (χ0v) is 16.7. The Morgan fingerprint density at radius 2 is 1.79 bits per heavy atom. The van der Waals surface area contributed by atoms with Gasteiger partial charge in [0.15, 0.2) is 0 Å². The minimum Gasteiger partial charge on any atom is -0.396 e. The highest BCUT2D eigenvalue weighted by atomic mass is 16.3. The number of fused-ring (bicyclic) bond motifs is 2. The third-order valence-corrected chi connectivity index (χ3v) is 7.25. The maximum atomic E-state index is 10.7. The molecule has 0 heterocycles. The molecule has 0 radical (unpaired) electrons. The number of aliphatic hydroxyl groups is 3. The molecule has 2 saturated carbocycles. The fraction of sp³-hybridized carbons (Fsp3) is 0.600. The van der Waals surface area contributed by atoms with Gasteiger partial charge in [0.1, 0.15) is 0 Å². The topological polar surface area (TPSA) is 60.7 Å². The van der Waals surface area contributed by atoms with Crippen LogP contribution in [-0.2, 0) is 12.8 Å². The Labute approximate surface area is 168 Å². The first-order chi connectivity index (χ1) is 13.7. The minimum absolute atomic E-state index is 0.173. The van der Waals surface area contributed by atoms with Crippen LogP contribution in [0.5, 0.6) is 0 Å². The van der Waals surface area contributed by atoms with Crippen molar-refractivity contribution in [1.82, 2.24) is 0 Å². The normalized spacial score (nSPS) is 32.3. The van der Waals surface area contributed by atoms with Crippen molar-refractivity contribution >= 4 is 0 Å². The molecule has 2 fully saturated rings. The molecule has 3 aliphatic rings. The van der Waals surface area contributed by atoms with E-state index in [4.69, 9.17) is 5.11 Å². The second kappa shape index (κ2) is 8.94. The molecule has 0 spiro atoms. The van der Waals surface area contributed by atoms with Gasteiger partial charge in [0.05, 0.1) is 12.2 Å². The summed E-state index contributed by atoms with van der Waals surface area (Å²) in [4.78, 5) is 0. The van der Waals surface area contributed by atoms with Crippen molar-refractivity contribution in [2.75, 3.05) is 6.61 Å². The van der Waals surface area contributed by atoms with E-state index in [9.17, 15) is 10.2 Å². The molecule has 0 amide bonds. The molecular weight excluding hydrogens is 348 g/mol. The monoisotopic (exact) mass is 382 g/mol. The minimum atomic E-state index is -0.437. The van der Waals surface area contributed by atoms with E-state index in [-0.39, 0.29) is 24.5 Å². The fourth-order valence-electron chi connectivity index (χ4n) is 5.74. The summed E-state index contributed by atoms with van der Waals surface area (Å²) in [6.45, 7) is 0.280. The first kappa shape index (κ1) is 19.9. The molecule has 2 unspecified atom stereocenters. The van der Waals surface area contributed by atoms with Crippen LogP contribution in [-0.4, -0.2) is 34.1 Å². The number of benzene rings is 1. The van der Waals surface area contributed by atoms with Crippen molar-refractivity contribution in [1.29, 1.82) is 0 Å². The Kier molecular flexibility index (Phi) is 6.35. The Bertz CT molecular complexity index is 697. The third kappa shape index (κ3) is 4.27. The number of allylic oxidation sites excluding steroid dienone is 2. The highest BCUT2D eigenvalue weighted by Crippen LogP contribution is 2.50. The SMILES string of the molecule is OCCCC/C=C1\CC2C[C@@H](O)[C@H](/C=C/[C@@H](O)C3Cc4ccccc4C3)C2C1. The summed E-state index contributed by atoms with van der Waals surface area (Å²) in [6, 6.07) is 8.50. The quantitative estimate of drug-likeness (QED) is 0.496. The van der Waals surface area contributed by atoms with Crippen LogP contribution in [0.3, 0.4) is 0 Å². The predicted molar refractivity (Wildman–Crippen MR) is 112 cm³/mol. The highest BCUT2D eigenvalue weighted by molar-refractivity contribution is 5.33.